The highest BCUT2D eigenvalue weighted by atomic mass is 35.5. The average molecular weight is 430 g/mol. The lowest BCUT2D eigenvalue weighted by Gasteiger charge is -2.27. The van der Waals surface area contributed by atoms with Crippen LogP contribution in [0.25, 0.3) is 5.57 Å². The molecule has 0 saturated carbocycles. The van der Waals surface area contributed by atoms with E-state index in [1.807, 2.05) is 29.5 Å². The van der Waals surface area contributed by atoms with E-state index in [1.165, 1.54) is 16.7 Å². The molecule has 0 fully saturated rings. The molecule has 2 aliphatic heterocycles. The van der Waals surface area contributed by atoms with Crippen LogP contribution in [0.2, 0.25) is 0 Å². The normalized spacial score (nSPS) is 16.8. The van der Waals surface area contributed by atoms with Crippen LogP contribution in [-0.2, 0) is 11.2 Å². The van der Waals surface area contributed by atoms with Gasteiger partial charge in [-0.05, 0) is 47.3 Å². The number of hydrogen-bond donors (Lipinski definition) is 0. The third-order valence-corrected chi connectivity index (χ3v) is 5.43. The molecule has 1 amide bonds. The number of anilines is 1. The van der Waals surface area contributed by atoms with E-state index >= 15 is 0 Å². The fourth-order valence-electron chi connectivity index (χ4n) is 3.35. The number of amides is 1. The molecule has 1 aromatic rings. The average Bonchev–Trinajstić information content (AvgIpc) is 2.76. The minimum atomic E-state index is 0.552. The second-order valence-electron chi connectivity index (χ2n) is 7.04. The minimum absolute atomic E-state index is 0.552. The predicted molar refractivity (Wildman–Crippen MR) is 124 cm³/mol. The summed E-state index contributed by atoms with van der Waals surface area (Å²) in [5, 5.41) is 7.21. The molecule has 0 aromatic heterocycles. The van der Waals surface area contributed by atoms with Gasteiger partial charge in [0.15, 0.2) is 0 Å². The number of halogens is 2. The molecule has 0 spiro atoms. The molecule has 0 aliphatic carbocycles. The molecule has 0 unspecified atom stereocenters. The topological polar surface area (TPSA) is 35.9 Å². The smallest absolute Gasteiger partial charge is 0.209 e. The van der Waals surface area contributed by atoms with E-state index in [0.717, 1.165) is 43.5 Å². The maximum Gasteiger partial charge on any atom is 0.209 e. The number of carbonyl (C=O) groups excluding carboxylic acids is 1. The summed E-state index contributed by atoms with van der Waals surface area (Å²) in [5.74, 6) is 0.552. The quantitative estimate of drug-likeness (QED) is 0.325. The largest absolute Gasteiger partial charge is 0.341 e. The fraction of sp³-hybridized carbons (Fsp3) is 0.304. The highest BCUT2D eigenvalue weighted by Gasteiger charge is 2.17. The molecule has 0 radical (unpaired) electrons. The van der Waals surface area contributed by atoms with Crippen molar-refractivity contribution >= 4 is 47.1 Å². The second-order valence-corrected chi connectivity index (χ2v) is 7.86. The van der Waals surface area contributed by atoms with Gasteiger partial charge in [-0.25, -0.2) is 0 Å². The Morgan fingerprint density at radius 1 is 1.31 bits per heavy atom. The van der Waals surface area contributed by atoms with Crippen LogP contribution in [0, 0.1) is 0 Å². The SMILES string of the molecule is C=C(/C=C\C(Cl)=C/CCCl)CN1N=CCc2ccc(C3=CCN(C=O)CC3)cc21. The third-order valence-electron chi connectivity index (χ3n) is 4.94. The number of benzene rings is 1. The number of allylic oxidation sites excluding steroid dienone is 3. The Morgan fingerprint density at radius 3 is 2.90 bits per heavy atom. The molecule has 29 heavy (non-hydrogen) atoms. The lowest BCUT2D eigenvalue weighted by Crippen LogP contribution is -2.27. The zero-order chi connectivity index (χ0) is 20.6. The van der Waals surface area contributed by atoms with E-state index in [9.17, 15) is 4.79 Å². The fourth-order valence-corrected chi connectivity index (χ4v) is 3.63. The van der Waals surface area contributed by atoms with E-state index in [4.69, 9.17) is 23.2 Å². The molecule has 2 aliphatic rings. The van der Waals surface area contributed by atoms with Crippen LogP contribution in [-0.4, -0.2) is 43.0 Å². The highest BCUT2D eigenvalue weighted by molar-refractivity contribution is 6.31. The first-order chi connectivity index (χ1) is 14.1. The summed E-state index contributed by atoms with van der Waals surface area (Å²) < 4.78 is 0. The van der Waals surface area contributed by atoms with Gasteiger partial charge in [-0.3, -0.25) is 9.80 Å². The van der Waals surface area contributed by atoms with Crippen molar-refractivity contribution in [2.24, 2.45) is 5.10 Å². The Balaban J connectivity index is 1.73. The lowest BCUT2D eigenvalue weighted by molar-refractivity contribution is -0.117. The Kier molecular flexibility index (Phi) is 7.73. The van der Waals surface area contributed by atoms with Crippen LogP contribution in [0.15, 0.2) is 64.8 Å². The minimum Gasteiger partial charge on any atom is -0.341 e. The summed E-state index contributed by atoms with van der Waals surface area (Å²) in [4.78, 5) is 12.7. The van der Waals surface area contributed by atoms with E-state index in [0.29, 0.717) is 24.0 Å². The highest BCUT2D eigenvalue weighted by Crippen LogP contribution is 2.31. The molecule has 6 heteroatoms. The number of hydrazone groups is 1. The third kappa shape index (κ3) is 5.84. The number of rotatable bonds is 8. The second kappa shape index (κ2) is 10.5. The van der Waals surface area contributed by atoms with E-state index in [-0.39, 0.29) is 0 Å². The van der Waals surface area contributed by atoms with Crippen molar-refractivity contribution in [3.63, 3.8) is 0 Å². The van der Waals surface area contributed by atoms with E-state index in [2.05, 4.69) is 36.0 Å². The summed E-state index contributed by atoms with van der Waals surface area (Å²) in [6.45, 7) is 6.15. The number of hydrogen-bond acceptors (Lipinski definition) is 3. The number of fused-ring (bicyclic) bond motifs is 1. The van der Waals surface area contributed by atoms with Crippen molar-refractivity contribution in [1.82, 2.24) is 4.90 Å². The van der Waals surface area contributed by atoms with Gasteiger partial charge < -0.3 is 4.90 Å². The Labute approximate surface area is 182 Å². The van der Waals surface area contributed by atoms with Gasteiger partial charge in [0.05, 0.1) is 12.2 Å². The zero-order valence-electron chi connectivity index (χ0n) is 16.4. The van der Waals surface area contributed by atoms with Crippen molar-refractivity contribution < 1.29 is 4.79 Å². The first-order valence-electron chi connectivity index (χ1n) is 9.70. The summed E-state index contributed by atoms with van der Waals surface area (Å²) >= 11 is 11.8. The summed E-state index contributed by atoms with van der Waals surface area (Å²) in [5.41, 5.74) is 5.71. The number of nitrogens with zero attached hydrogens (tertiary/aromatic N) is 3. The monoisotopic (exact) mass is 429 g/mol. The van der Waals surface area contributed by atoms with Gasteiger partial charge in [-0.2, -0.15) is 5.10 Å². The molecule has 152 valence electrons. The summed E-state index contributed by atoms with van der Waals surface area (Å²) in [7, 11) is 0. The van der Waals surface area contributed by atoms with E-state index < -0.39 is 0 Å². The van der Waals surface area contributed by atoms with Gasteiger partial charge in [0.2, 0.25) is 6.41 Å². The molecule has 3 rings (SSSR count). The summed E-state index contributed by atoms with van der Waals surface area (Å²) in [6, 6.07) is 6.52. The van der Waals surface area contributed by atoms with Crippen LogP contribution in [0.5, 0.6) is 0 Å². The van der Waals surface area contributed by atoms with Gasteiger partial charge >= 0.3 is 0 Å². The molecule has 2 heterocycles. The molecule has 1 aromatic carbocycles. The maximum absolute atomic E-state index is 10.9. The molecular weight excluding hydrogens is 405 g/mol. The first kappa shape index (κ1) is 21.4. The van der Waals surface area contributed by atoms with Gasteiger partial charge in [0, 0.05) is 36.6 Å². The van der Waals surface area contributed by atoms with Crippen LogP contribution in [0.1, 0.15) is 24.0 Å². The van der Waals surface area contributed by atoms with E-state index in [1.54, 1.807) is 4.90 Å². The molecular formula is C23H25Cl2N3O. The van der Waals surface area contributed by atoms with Crippen molar-refractivity contribution in [3.05, 3.63) is 70.8 Å². The van der Waals surface area contributed by atoms with Crippen LogP contribution < -0.4 is 5.01 Å². The van der Waals surface area contributed by atoms with Crippen molar-refractivity contribution in [2.75, 3.05) is 30.5 Å². The van der Waals surface area contributed by atoms with Crippen molar-refractivity contribution in [1.29, 1.82) is 0 Å². The standard InChI is InChI=1S/C23H25Cl2N3O/c1-18(4-7-22(25)3-2-11-24)16-28-23-15-21(6-5-20(23)8-12-26-28)19-9-13-27(17-29)14-10-19/h3-7,9,12,15,17H,1-2,8,10-11,13-14,16H2/b7-4-,22-3+. The number of alkyl halides is 1. The van der Waals surface area contributed by atoms with Gasteiger partial charge in [-0.15, -0.1) is 11.6 Å². The maximum atomic E-state index is 10.9. The van der Waals surface area contributed by atoms with Crippen molar-refractivity contribution in [3.8, 4) is 0 Å². The molecule has 0 atom stereocenters. The molecule has 0 N–H and O–H groups in total. The lowest BCUT2D eigenvalue weighted by atomic mass is 9.96. The number of carbonyl (C=O) groups is 1. The van der Waals surface area contributed by atoms with Crippen LogP contribution in [0.4, 0.5) is 5.69 Å². The Hall–Kier alpha value is -2.30. The van der Waals surface area contributed by atoms with Gasteiger partial charge in [0.25, 0.3) is 0 Å². The molecule has 4 nitrogen and oxygen atoms in total. The van der Waals surface area contributed by atoms with Crippen LogP contribution >= 0.6 is 23.2 Å². The zero-order valence-corrected chi connectivity index (χ0v) is 17.9. The molecule has 0 bridgehead atoms. The predicted octanol–water partition coefficient (Wildman–Crippen LogP) is 5.14. The van der Waals surface area contributed by atoms with Crippen molar-refractivity contribution in [2.45, 2.75) is 19.3 Å². The van der Waals surface area contributed by atoms with Gasteiger partial charge in [-0.1, -0.05) is 48.5 Å². The summed E-state index contributed by atoms with van der Waals surface area (Å²) in [6.07, 6.45) is 13.0. The molecule has 0 saturated heterocycles. The Morgan fingerprint density at radius 2 is 2.17 bits per heavy atom. The van der Waals surface area contributed by atoms with Gasteiger partial charge in [0.1, 0.15) is 0 Å². The van der Waals surface area contributed by atoms with Crippen LogP contribution in [0.3, 0.4) is 0 Å². The Bertz CT molecular complexity index is 886. The first-order valence-corrected chi connectivity index (χ1v) is 10.6.